The van der Waals surface area contributed by atoms with Gasteiger partial charge in [0, 0.05) is 6.04 Å². The summed E-state index contributed by atoms with van der Waals surface area (Å²) in [7, 11) is 0. The molecule has 82 valence electrons. The minimum atomic E-state index is -0.478. The lowest BCUT2D eigenvalue weighted by Gasteiger charge is -2.28. The van der Waals surface area contributed by atoms with Crippen LogP contribution in [-0.2, 0) is 0 Å². The van der Waals surface area contributed by atoms with Crippen molar-refractivity contribution in [3.05, 3.63) is 0 Å². The molecule has 0 aromatic rings. The monoisotopic (exact) mass is 200 g/mol. The lowest BCUT2D eigenvalue weighted by molar-refractivity contribution is 0.163. The van der Waals surface area contributed by atoms with E-state index in [2.05, 4.69) is 10.6 Å². The van der Waals surface area contributed by atoms with Gasteiger partial charge in [-0.15, -0.1) is 0 Å². The molecule has 1 saturated carbocycles. The Labute approximate surface area is 85.1 Å². The van der Waals surface area contributed by atoms with Crippen molar-refractivity contribution in [2.45, 2.75) is 51.1 Å². The van der Waals surface area contributed by atoms with E-state index < -0.39 is 5.54 Å². The van der Waals surface area contributed by atoms with E-state index in [0.717, 1.165) is 25.7 Å². The average molecular weight is 200 g/mol. The molecular formula is C10H20N2O2. The summed E-state index contributed by atoms with van der Waals surface area (Å²) in [5, 5.41) is 14.8. The summed E-state index contributed by atoms with van der Waals surface area (Å²) in [6.07, 6.45) is 3.90. The van der Waals surface area contributed by atoms with Gasteiger partial charge in [-0.05, 0) is 26.2 Å². The topological polar surface area (TPSA) is 61.4 Å². The van der Waals surface area contributed by atoms with E-state index in [0.29, 0.717) is 6.04 Å². The standard InChI is InChI=1S/C10H20N2O2/c1-3-6-10(2,7-13)12-9(14)11-8-4-5-8/h8,13H,3-7H2,1-2H3,(H2,11,12,14). The van der Waals surface area contributed by atoms with Gasteiger partial charge in [0.05, 0.1) is 12.1 Å². The number of nitrogens with one attached hydrogen (secondary N) is 2. The summed E-state index contributed by atoms with van der Waals surface area (Å²) in [5.74, 6) is 0. The van der Waals surface area contributed by atoms with Crippen molar-refractivity contribution in [2.75, 3.05) is 6.61 Å². The van der Waals surface area contributed by atoms with Gasteiger partial charge in [0.1, 0.15) is 0 Å². The molecule has 0 spiro atoms. The molecule has 0 bridgehead atoms. The second-order valence-corrected chi connectivity index (χ2v) is 4.34. The van der Waals surface area contributed by atoms with Crippen molar-refractivity contribution in [1.29, 1.82) is 0 Å². The molecule has 1 fully saturated rings. The van der Waals surface area contributed by atoms with E-state index in [4.69, 9.17) is 0 Å². The zero-order valence-electron chi connectivity index (χ0n) is 8.97. The Bertz CT molecular complexity index is 204. The van der Waals surface area contributed by atoms with E-state index in [9.17, 15) is 9.90 Å². The van der Waals surface area contributed by atoms with E-state index in [1.54, 1.807) is 0 Å². The third-order valence-corrected chi connectivity index (χ3v) is 2.48. The molecule has 14 heavy (non-hydrogen) atoms. The number of aliphatic hydroxyl groups is 1. The smallest absolute Gasteiger partial charge is 0.315 e. The Hall–Kier alpha value is -0.770. The van der Waals surface area contributed by atoms with Gasteiger partial charge in [0.15, 0.2) is 0 Å². The zero-order chi connectivity index (χ0) is 10.6. The molecule has 0 aromatic heterocycles. The summed E-state index contributed by atoms with van der Waals surface area (Å²) < 4.78 is 0. The quantitative estimate of drug-likeness (QED) is 0.620. The number of carbonyl (C=O) groups is 1. The largest absolute Gasteiger partial charge is 0.394 e. The predicted octanol–water partition coefficient (Wildman–Crippen LogP) is 0.999. The van der Waals surface area contributed by atoms with Crippen molar-refractivity contribution in [2.24, 2.45) is 0 Å². The Morgan fingerprint density at radius 2 is 2.21 bits per heavy atom. The summed E-state index contributed by atoms with van der Waals surface area (Å²) in [6, 6.07) is 0.206. The van der Waals surface area contributed by atoms with Crippen LogP contribution in [0.15, 0.2) is 0 Å². The molecule has 1 aliphatic carbocycles. The SMILES string of the molecule is CCCC(C)(CO)NC(=O)NC1CC1. The maximum absolute atomic E-state index is 11.4. The van der Waals surface area contributed by atoms with Crippen LogP contribution in [0.2, 0.25) is 0 Å². The second-order valence-electron chi connectivity index (χ2n) is 4.34. The van der Waals surface area contributed by atoms with Crippen molar-refractivity contribution in [1.82, 2.24) is 10.6 Å². The van der Waals surface area contributed by atoms with Crippen molar-refractivity contribution < 1.29 is 9.90 Å². The average Bonchev–Trinajstić information content (AvgIpc) is 2.88. The molecule has 0 radical (unpaired) electrons. The third-order valence-electron chi connectivity index (χ3n) is 2.48. The first-order valence-corrected chi connectivity index (χ1v) is 5.29. The van der Waals surface area contributed by atoms with Gasteiger partial charge in [-0.25, -0.2) is 4.79 Å². The maximum Gasteiger partial charge on any atom is 0.315 e. The van der Waals surface area contributed by atoms with Crippen LogP contribution in [0.5, 0.6) is 0 Å². The summed E-state index contributed by atoms with van der Waals surface area (Å²) >= 11 is 0. The highest BCUT2D eigenvalue weighted by Crippen LogP contribution is 2.19. The van der Waals surface area contributed by atoms with Crippen LogP contribution in [-0.4, -0.2) is 29.3 Å². The molecule has 0 aliphatic heterocycles. The molecule has 4 heteroatoms. The molecule has 1 aliphatic rings. The van der Waals surface area contributed by atoms with Gasteiger partial charge >= 0.3 is 6.03 Å². The van der Waals surface area contributed by atoms with Crippen molar-refractivity contribution in [3.63, 3.8) is 0 Å². The Morgan fingerprint density at radius 3 is 2.64 bits per heavy atom. The fourth-order valence-electron chi connectivity index (χ4n) is 1.46. The number of rotatable bonds is 5. The molecule has 1 unspecified atom stereocenters. The number of aliphatic hydroxyl groups excluding tert-OH is 1. The molecule has 4 nitrogen and oxygen atoms in total. The summed E-state index contributed by atoms with van der Waals surface area (Å²) in [6.45, 7) is 3.89. The number of hydrogen-bond donors (Lipinski definition) is 3. The van der Waals surface area contributed by atoms with Gasteiger partial charge in [0.2, 0.25) is 0 Å². The lowest BCUT2D eigenvalue weighted by atomic mass is 9.98. The molecule has 2 amide bonds. The zero-order valence-corrected chi connectivity index (χ0v) is 8.97. The highest BCUT2D eigenvalue weighted by molar-refractivity contribution is 5.75. The number of amides is 2. The van der Waals surface area contributed by atoms with E-state index in [-0.39, 0.29) is 12.6 Å². The maximum atomic E-state index is 11.4. The van der Waals surface area contributed by atoms with Gasteiger partial charge in [0.25, 0.3) is 0 Å². The Morgan fingerprint density at radius 1 is 1.57 bits per heavy atom. The first kappa shape index (κ1) is 11.3. The molecule has 0 aromatic carbocycles. The predicted molar refractivity (Wildman–Crippen MR) is 55.1 cm³/mol. The number of hydrogen-bond acceptors (Lipinski definition) is 2. The molecule has 1 rings (SSSR count). The van der Waals surface area contributed by atoms with E-state index in [1.165, 1.54) is 0 Å². The van der Waals surface area contributed by atoms with Gasteiger partial charge in [-0.3, -0.25) is 0 Å². The molecule has 0 heterocycles. The third kappa shape index (κ3) is 3.54. The Balaban J connectivity index is 2.33. The molecule has 1 atom stereocenters. The van der Waals surface area contributed by atoms with Crippen LogP contribution < -0.4 is 10.6 Å². The minimum Gasteiger partial charge on any atom is -0.394 e. The van der Waals surface area contributed by atoms with Gasteiger partial charge in [-0.1, -0.05) is 13.3 Å². The van der Waals surface area contributed by atoms with E-state index >= 15 is 0 Å². The van der Waals surface area contributed by atoms with Gasteiger partial charge < -0.3 is 15.7 Å². The lowest BCUT2D eigenvalue weighted by Crippen LogP contribution is -2.52. The van der Waals surface area contributed by atoms with Crippen LogP contribution >= 0.6 is 0 Å². The molecule has 3 N–H and O–H groups in total. The Kier molecular flexibility index (Phi) is 3.75. The normalized spacial score (nSPS) is 19.9. The second kappa shape index (κ2) is 4.64. The van der Waals surface area contributed by atoms with E-state index in [1.807, 2.05) is 13.8 Å². The first-order valence-electron chi connectivity index (χ1n) is 5.29. The van der Waals surface area contributed by atoms with Crippen LogP contribution in [0.4, 0.5) is 4.79 Å². The van der Waals surface area contributed by atoms with Crippen LogP contribution in [0, 0.1) is 0 Å². The minimum absolute atomic E-state index is 0.0150. The first-order chi connectivity index (χ1) is 6.59. The fourth-order valence-corrected chi connectivity index (χ4v) is 1.46. The highest BCUT2D eigenvalue weighted by atomic mass is 16.3. The highest BCUT2D eigenvalue weighted by Gasteiger charge is 2.28. The molecule has 0 saturated heterocycles. The van der Waals surface area contributed by atoms with Crippen molar-refractivity contribution >= 4 is 6.03 Å². The summed E-state index contributed by atoms with van der Waals surface area (Å²) in [5.41, 5.74) is -0.478. The summed E-state index contributed by atoms with van der Waals surface area (Å²) in [4.78, 5) is 11.4. The van der Waals surface area contributed by atoms with Crippen LogP contribution in [0.1, 0.15) is 39.5 Å². The van der Waals surface area contributed by atoms with Crippen LogP contribution in [0.25, 0.3) is 0 Å². The fraction of sp³-hybridized carbons (Fsp3) is 0.900. The van der Waals surface area contributed by atoms with Gasteiger partial charge in [-0.2, -0.15) is 0 Å². The molecular weight excluding hydrogens is 180 g/mol. The number of urea groups is 1. The van der Waals surface area contributed by atoms with Crippen molar-refractivity contribution in [3.8, 4) is 0 Å². The van der Waals surface area contributed by atoms with Crippen LogP contribution in [0.3, 0.4) is 0 Å². The number of carbonyl (C=O) groups excluding carboxylic acids is 1.